The predicted octanol–water partition coefficient (Wildman–Crippen LogP) is 2.60. The first-order valence-corrected chi connectivity index (χ1v) is 9.19. The van der Waals surface area contributed by atoms with E-state index >= 15 is 0 Å². The number of likely N-dealkylation sites (tertiary alicyclic amines) is 1. The van der Waals surface area contributed by atoms with E-state index in [1.807, 2.05) is 41.4 Å². The topological polar surface area (TPSA) is 67.4 Å². The number of aromatic nitrogens is 3. The van der Waals surface area contributed by atoms with E-state index in [4.69, 9.17) is 4.42 Å². The van der Waals surface area contributed by atoms with Gasteiger partial charge in [0.25, 0.3) is 5.91 Å². The second-order valence-corrected chi connectivity index (χ2v) is 6.88. The van der Waals surface area contributed by atoms with Crippen LogP contribution in [0.5, 0.6) is 0 Å². The summed E-state index contributed by atoms with van der Waals surface area (Å²) in [7, 11) is 2.12. The first kappa shape index (κ1) is 17.5. The fraction of sp³-hybridized carbons (Fsp3) is 0.350. The minimum atomic E-state index is -0.0741. The second-order valence-electron chi connectivity index (χ2n) is 6.88. The SMILES string of the molecule is CN1CCC(N(Cc2ccco2)C(=O)c2cccc(-n3cccn3)n2)CC1. The molecule has 27 heavy (non-hydrogen) atoms. The lowest BCUT2D eigenvalue weighted by atomic mass is 10.0. The fourth-order valence-electron chi connectivity index (χ4n) is 3.47. The zero-order chi connectivity index (χ0) is 18.6. The molecule has 1 fully saturated rings. The lowest BCUT2D eigenvalue weighted by molar-refractivity contribution is 0.0545. The summed E-state index contributed by atoms with van der Waals surface area (Å²) < 4.78 is 7.16. The second kappa shape index (κ2) is 7.75. The molecule has 0 bridgehead atoms. The summed E-state index contributed by atoms with van der Waals surface area (Å²) in [5, 5.41) is 4.20. The Balaban J connectivity index is 1.61. The van der Waals surface area contributed by atoms with Gasteiger partial charge >= 0.3 is 0 Å². The molecular formula is C20H23N5O2. The first-order chi connectivity index (χ1) is 13.2. The van der Waals surface area contributed by atoms with Crippen LogP contribution >= 0.6 is 0 Å². The van der Waals surface area contributed by atoms with Crippen molar-refractivity contribution in [1.82, 2.24) is 24.6 Å². The Morgan fingerprint density at radius 3 is 2.78 bits per heavy atom. The van der Waals surface area contributed by atoms with Gasteiger partial charge in [0, 0.05) is 18.4 Å². The molecular weight excluding hydrogens is 342 g/mol. The average molecular weight is 365 g/mol. The number of carbonyl (C=O) groups is 1. The number of nitrogens with zero attached hydrogens (tertiary/aromatic N) is 5. The summed E-state index contributed by atoms with van der Waals surface area (Å²) >= 11 is 0. The monoisotopic (exact) mass is 365 g/mol. The number of pyridine rings is 1. The Morgan fingerprint density at radius 2 is 2.07 bits per heavy atom. The summed E-state index contributed by atoms with van der Waals surface area (Å²) in [6, 6.07) is 11.2. The molecule has 0 radical (unpaired) electrons. The number of amides is 1. The van der Waals surface area contributed by atoms with E-state index in [1.54, 1.807) is 23.2 Å². The molecule has 3 aromatic heterocycles. The lowest BCUT2D eigenvalue weighted by Gasteiger charge is -2.36. The molecule has 0 N–H and O–H groups in total. The van der Waals surface area contributed by atoms with E-state index in [1.165, 1.54) is 0 Å². The number of rotatable bonds is 5. The van der Waals surface area contributed by atoms with Gasteiger partial charge in [0.05, 0.1) is 12.8 Å². The third-order valence-corrected chi connectivity index (χ3v) is 4.99. The lowest BCUT2D eigenvalue weighted by Crippen LogP contribution is -2.46. The van der Waals surface area contributed by atoms with Crippen molar-refractivity contribution in [2.45, 2.75) is 25.4 Å². The van der Waals surface area contributed by atoms with Gasteiger partial charge in [0.2, 0.25) is 0 Å². The predicted molar refractivity (Wildman–Crippen MR) is 100 cm³/mol. The largest absolute Gasteiger partial charge is 0.467 e. The Kier molecular flexibility index (Phi) is 5.02. The third kappa shape index (κ3) is 3.93. The zero-order valence-corrected chi connectivity index (χ0v) is 15.4. The van der Waals surface area contributed by atoms with E-state index in [-0.39, 0.29) is 11.9 Å². The van der Waals surface area contributed by atoms with Crippen molar-refractivity contribution in [3.63, 3.8) is 0 Å². The first-order valence-electron chi connectivity index (χ1n) is 9.19. The van der Waals surface area contributed by atoms with Gasteiger partial charge in [0.1, 0.15) is 11.5 Å². The molecule has 140 valence electrons. The summed E-state index contributed by atoms with van der Waals surface area (Å²) in [5.41, 5.74) is 0.425. The maximum atomic E-state index is 13.4. The smallest absolute Gasteiger partial charge is 0.273 e. The zero-order valence-electron chi connectivity index (χ0n) is 15.4. The van der Waals surface area contributed by atoms with Crippen LogP contribution < -0.4 is 0 Å². The van der Waals surface area contributed by atoms with E-state index in [0.29, 0.717) is 18.1 Å². The van der Waals surface area contributed by atoms with Crippen LogP contribution in [0.1, 0.15) is 29.1 Å². The Bertz CT molecular complexity index is 868. The molecule has 4 rings (SSSR count). The Hall–Kier alpha value is -2.93. The van der Waals surface area contributed by atoms with Crippen LogP contribution in [0.2, 0.25) is 0 Å². The normalized spacial score (nSPS) is 15.7. The standard InChI is InChI=1S/C20H23N5O2/c1-23-12-8-16(9-13-23)24(15-17-5-3-14-27-17)20(26)18-6-2-7-19(22-18)25-11-4-10-21-25/h2-7,10-11,14,16H,8-9,12-13,15H2,1H3. The molecule has 0 saturated carbocycles. The number of hydrogen-bond donors (Lipinski definition) is 0. The minimum absolute atomic E-state index is 0.0741. The summed E-state index contributed by atoms with van der Waals surface area (Å²) in [4.78, 5) is 22.1. The van der Waals surface area contributed by atoms with Crippen molar-refractivity contribution in [2.24, 2.45) is 0 Å². The number of carbonyl (C=O) groups excluding carboxylic acids is 1. The fourth-order valence-corrected chi connectivity index (χ4v) is 3.47. The van der Waals surface area contributed by atoms with Crippen molar-refractivity contribution in [3.8, 4) is 5.82 Å². The third-order valence-electron chi connectivity index (χ3n) is 4.99. The van der Waals surface area contributed by atoms with Crippen LogP contribution in [-0.2, 0) is 6.54 Å². The number of furan rings is 1. The van der Waals surface area contributed by atoms with E-state index in [9.17, 15) is 4.79 Å². The summed E-state index contributed by atoms with van der Waals surface area (Å²) in [5.74, 6) is 1.34. The molecule has 1 aliphatic heterocycles. The van der Waals surface area contributed by atoms with Gasteiger partial charge in [-0.25, -0.2) is 9.67 Å². The summed E-state index contributed by atoms with van der Waals surface area (Å²) in [6.07, 6.45) is 7.04. The number of hydrogen-bond acceptors (Lipinski definition) is 5. The molecule has 0 aliphatic carbocycles. The molecule has 7 nitrogen and oxygen atoms in total. The molecule has 0 unspecified atom stereocenters. The molecule has 4 heterocycles. The molecule has 1 saturated heterocycles. The molecule has 7 heteroatoms. The van der Waals surface area contributed by atoms with E-state index in [2.05, 4.69) is 22.0 Å². The molecule has 3 aromatic rings. The maximum Gasteiger partial charge on any atom is 0.273 e. The van der Waals surface area contributed by atoms with Crippen molar-refractivity contribution < 1.29 is 9.21 Å². The average Bonchev–Trinajstić information content (AvgIpc) is 3.41. The van der Waals surface area contributed by atoms with Crippen molar-refractivity contribution in [3.05, 3.63) is 66.5 Å². The minimum Gasteiger partial charge on any atom is -0.467 e. The van der Waals surface area contributed by atoms with Crippen LogP contribution in [0.15, 0.2) is 59.5 Å². The van der Waals surface area contributed by atoms with Crippen LogP contribution in [-0.4, -0.2) is 56.7 Å². The molecule has 1 amide bonds. The van der Waals surface area contributed by atoms with Gasteiger partial charge in [0.15, 0.2) is 5.82 Å². The highest BCUT2D eigenvalue weighted by atomic mass is 16.3. The van der Waals surface area contributed by atoms with Gasteiger partial charge in [-0.3, -0.25) is 4.79 Å². The maximum absolute atomic E-state index is 13.4. The van der Waals surface area contributed by atoms with Crippen LogP contribution in [0.4, 0.5) is 0 Å². The van der Waals surface area contributed by atoms with Crippen LogP contribution in [0.25, 0.3) is 5.82 Å². The highest BCUT2D eigenvalue weighted by molar-refractivity contribution is 5.92. The van der Waals surface area contributed by atoms with Gasteiger partial charge in [-0.15, -0.1) is 0 Å². The van der Waals surface area contributed by atoms with E-state index < -0.39 is 0 Å². The van der Waals surface area contributed by atoms with Crippen LogP contribution in [0, 0.1) is 0 Å². The highest BCUT2D eigenvalue weighted by Crippen LogP contribution is 2.21. The van der Waals surface area contributed by atoms with Gasteiger partial charge < -0.3 is 14.2 Å². The Morgan fingerprint density at radius 1 is 1.22 bits per heavy atom. The summed E-state index contributed by atoms with van der Waals surface area (Å²) in [6.45, 7) is 2.41. The van der Waals surface area contributed by atoms with Crippen molar-refractivity contribution in [1.29, 1.82) is 0 Å². The molecule has 0 atom stereocenters. The number of piperidine rings is 1. The Labute approximate surface area is 158 Å². The molecule has 0 spiro atoms. The van der Waals surface area contributed by atoms with Gasteiger partial charge in [-0.2, -0.15) is 5.10 Å². The van der Waals surface area contributed by atoms with E-state index in [0.717, 1.165) is 31.7 Å². The van der Waals surface area contributed by atoms with Crippen molar-refractivity contribution >= 4 is 5.91 Å². The quantitative estimate of drug-likeness (QED) is 0.695. The van der Waals surface area contributed by atoms with Crippen LogP contribution in [0.3, 0.4) is 0 Å². The highest BCUT2D eigenvalue weighted by Gasteiger charge is 2.29. The molecule has 0 aromatic carbocycles. The van der Waals surface area contributed by atoms with Gasteiger partial charge in [-0.05, 0) is 63.3 Å². The van der Waals surface area contributed by atoms with Crippen molar-refractivity contribution in [2.75, 3.05) is 20.1 Å². The molecule has 1 aliphatic rings. The van der Waals surface area contributed by atoms with Gasteiger partial charge in [-0.1, -0.05) is 6.07 Å².